The number of aryl methyl sites for hydroxylation is 1. The average molecular weight is 266 g/mol. The Morgan fingerprint density at radius 1 is 1.35 bits per heavy atom. The minimum Gasteiger partial charge on any atom is -0.384 e. The van der Waals surface area contributed by atoms with Crippen molar-refractivity contribution in [3.63, 3.8) is 0 Å². The molecular weight excluding hydrogens is 252 g/mol. The lowest BCUT2D eigenvalue weighted by Gasteiger charge is -2.18. The van der Waals surface area contributed by atoms with Gasteiger partial charge in [0.2, 0.25) is 0 Å². The fourth-order valence-corrected chi connectivity index (χ4v) is 1.91. The summed E-state index contributed by atoms with van der Waals surface area (Å²) < 4.78 is 0. The second-order valence-electron chi connectivity index (χ2n) is 4.45. The highest BCUT2D eigenvalue weighted by atomic mass is 16.2. The Labute approximate surface area is 117 Å². The van der Waals surface area contributed by atoms with E-state index in [0.29, 0.717) is 28.3 Å². The number of nitriles is 1. The van der Waals surface area contributed by atoms with Crippen LogP contribution in [0.15, 0.2) is 36.4 Å². The predicted octanol–water partition coefficient (Wildman–Crippen LogP) is 2.12. The Bertz CT molecular complexity index is 683. The Balaban J connectivity index is 2.35. The zero-order valence-electron chi connectivity index (χ0n) is 11.3. The molecule has 1 aromatic carbocycles. The van der Waals surface area contributed by atoms with Gasteiger partial charge in [-0.25, -0.2) is 4.98 Å². The van der Waals surface area contributed by atoms with Gasteiger partial charge >= 0.3 is 0 Å². The van der Waals surface area contributed by atoms with Gasteiger partial charge in [0.15, 0.2) is 0 Å². The topological polar surface area (TPSA) is 83.0 Å². The number of benzene rings is 1. The van der Waals surface area contributed by atoms with E-state index in [4.69, 9.17) is 11.0 Å². The number of pyridine rings is 1. The first kappa shape index (κ1) is 13.6. The molecule has 0 aliphatic heterocycles. The molecule has 1 aromatic heterocycles. The van der Waals surface area contributed by atoms with Crippen molar-refractivity contribution >= 4 is 17.4 Å². The third-order valence-corrected chi connectivity index (χ3v) is 2.89. The number of nitrogen functional groups attached to an aromatic ring is 1. The molecule has 0 spiro atoms. The maximum absolute atomic E-state index is 12.4. The van der Waals surface area contributed by atoms with Crippen molar-refractivity contribution in [2.24, 2.45) is 0 Å². The van der Waals surface area contributed by atoms with E-state index in [0.717, 1.165) is 0 Å². The molecule has 100 valence electrons. The van der Waals surface area contributed by atoms with Crippen LogP contribution >= 0.6 is 0 Å². The number of nitrogens with zero attached hydrogens (tertiary/aromatic N) is 3. The number of anilines is 2. The Kier molecular flexibility index (Phi) is 3.67. The molecule has 2 aromatic rings. The van der Waals surface area contributed by atoms with E-state index < -0.39 is 0 Å². The van der Waals surface area contributed by atoms with E-state index >= 15 is 0 Å². The van der Waals surface area contributed by atoms with E-state index in [1.165, 1.54) is 4.90 Å². The van der Waals surface area contributed by atoms with E-state index in [9.17, 15) is 4.79 Å². The number of hydrogen-bond acceptors (Lipinski definition) is 4. The van der Waals surface area contributed by atoms with Crippen LogP contribution in [-0.2, 0) is 0 Å². The molecule has 0 radical (unpaired) electrons. The van der Waals surface area contributed by atoms with Gasteiger partial charge in [0, 0.05) is 24.0 Å². The molecule has 0 aliphatic rings. The minimum atomic E-state index is -0.197. The van der Waals surface area contributed by atoms with Gasteiger partial charge in [-0.15, -0.1) is 0 Å². The van der Waals surface area contributed by atoms with Crippen LogP contribution in [0.2, 0.25) is 0 Å². The fraction of sp³-hybridized carbons (Fsp3) is 0.133. The molecule has 1 heterocycles. The molecule has 20 heavy (non-hydrogen) atoms. The van der Waals surface area contributed by atoms with Gasteiger partial charge < -0.3 is 10.6 Å². The van der Waals surface area contributed by atoms with Crippen molar-refractivity contribution in [2.45, 2.75) is 6.92 Å². The molecule has 0 unspecified atom stereocenters. The normalized spacial score (nSPS) is 9.85. The van der Waals surface area contributed by atoms with Gasteiger partial charge in [-0.3, -0.25) is 4.79 Å². The summed E-state index contributed by atoms with van der Waals surface area (Å²) in [5.41, 5.74) is 7.98. The van der Waals surface area contributed by atoms with Crippen molar-refractivity contribution in [1.82, 2.24) is 4.98 Å². The molecule has 5 heteroatoms. The van der Waals surface area contributed by atoms with Gasteiger partial charge in [0.1, 0.15) is 5.82 Å². The van der Waals surface area contributed by atoms with Gasteiger partial charge in [-0.05, 0) is 37.3 Å². The number of amides is 1. The quantitative estimate of drug-likeness (QED) is 0.902. The van der Waals surface area contributed by atoms with Crippen molar-refractivity contribution in [1.29, 1.82) is 5.26 Å². The van der Waals surface area contributed by atoms with Gasteiger partial charge in [0.25, 0.3) is 5.91 Å². The molecule has 2 N–H and O–H groups in total. The maximum atomic E-state index is 12.4. The van der Waals surface area contributed by atoms with Gasteiger partial charge in [-0.2, -0.15) is 5.26 Å². The summed E-state index contributed by atoms with van der Waals surface area (Å²) in [6.07, 6.45) is 0. The highest BCUT2D eigenvalue weighted by Gasteiger charge is 2.15. The summed E-state index contributed by atoms with van der Waals surface area (Å²) in [5, 5.41) is 8.89. The summed E-state index contributed by atoms with van der Waals surface area (Å²) in [6.45, 7) is 1.78. The first-order valence-corrected chi connectivity index (χ1v) is 6.03. The first-order chi connectivity index (χ1) is 9.51. The first-order valence-electron chi connectivity index (χ1n) is 6.03. The van der Waals surface area contributed by atoms with Crippen LogP contribution in [-0.4, -0.2) is 17.9 Å². The zero-order valence-corrected chi connectivity index (χ0v) is 11.3. The van der Waals surface area contributed by atoms with Crippen LogP contribution in [0.4, 0.5) is 11.5 Å². The van der Waals surface area contributed by atoms with Crippen LogP contribution in [0.1, 0.15) is 21.6 Å². The standard InChI is InChI=1S/C15H14N4O/c1-10-6-12(8-14(17)18-10)15(20)19(2)13-5-3-4-11(7-13)9-16/h3-8H,1-2H3,(H2,17,18). The Morgan fingerprint density at radius 3 is 2.75 bits per heavy atom. The number of hydrogen-bond donors (Lipinski definition) is 1. The van der Waals surface area contributed by atoms with E-state index in [-0.39, 0.29) is 5.91 Å². The molecule has 5 nitrogen and oxygen atoms in total. The van der Waals surface area contributed by atoms with E-state index in [2.05, 4.69) is 11.1 Å². The van der Waals surface area contributed by atoms with Crippen LogP contribution in [0.3, 0.4) is 0 Å². The minimum absolute atomic E-state index is 0.197. The van der Waals surface area contributed by atoms with Crippen LogP contribution < -0.4 is 10.6 Å². The average Bonchev–Trinajstić information content (AvgIpc) is 2.44. The Morgan fingerprint density at radius 2 is 2.10 bits per heavy atom. The molecule has 0 atom stereocenters. The number of carbonyl (C=O) groups excluding carboxylic acids is 1. The van der Waals surface area contributed by atoms with Gasteiger partial charge in [0.05, 0.1) is 11.6 Å². The monoisotopic (exact) mass is 266 g/mol. The van der Waals surface area contributed by atoms with E-state index in [1.54, 1.807) is 50.4 Å². The van der Waals surface area contributed by atoms with Crippen LogP contribution in [0, 0.1) is 18.3 Å². The van der Waals surface area contributed by atoms with Crippen molar-refractivity contribution in [3.05, 3.63) is 53.2 Å². The molecular formula is C15H14N4O. The number of rotatable bonds is 2. The van der Waals surface area contributed by atoms with Crippen molar-refractivity contribution in [2.75, 3.05) is 17.7 Å². The van der Waals surface area contributed by atoms with Crippen LogP contribution in [0.5, 0.6) is 0 Å². The lowest BCUT2D eigenvalue weighted by atomic mass is 10.1. The van der Waals surface area contributed by atoms with Crippen molar-refractivity contribution < 1.29 is 4.79 Å². The third kappa shape index (κ3) is 2.75. The molecule has 0 aliphatic carbocycles. The molecule has 0 fully saturated rings. The summed E-state index contributed by atoms with van der Waals surface area (Å²) in [5.74, 6) is 0.116. The lowest BCUT2D eigenvalue weighted by molar-refractivity contribution is 0.0993. The molecule has 0 saturated heterocycles. The largest absolute Gasteiger partial charge is 0.384 e. The smallest absolute Gasteiger partial charge is 0.258 e. The highest BCUT2D eigenvalue weighted by Crippen LogP contribution is 2.18. The summed E-state index contributed by atoms with van der Waals surface area (Å²) in [7, 11) is 1.66. The predicted molar refractivity (Wildman–Crippen MR) is 77.3 cm³/mol. The summed E-state index contributed by atoms with van der Waals surface area (Å²) in [6, 6.07) is 12.1. The summed E-state index contributed by atoms with van der Waals surface area (Å²) >= 11 is 0. The Hall–Kier alpha value is -2.87. The lowest BCUT2D eigenvalue weighted by Crippen LogP contribution is -2.26. The second-order valence-corrected chi connectivity index (χ2v) is 4.45. The number of carbonyl (C=O) groups is 1. The molecule has 2 rings (SSSR count). The van der Waals surface area contributed by atoms with Gasteiger partial charge in [-0.1, -0.05) is 6.07 Å². The molecule has 1 amide bonds. The van der Waals surface area contributed by atoms with Crippen LogP contribution in [0.25, 0.3) is 0 Å². The highest BCUT2D eigenvalue weighted by molar-refractivity contribution is 6.06. The number of aromatic nitrogens is 1. The van der Waals surface area contributed by atoms with Crippen molar-refractivity contribution in [3.8, 4) is 6.07 Å². The maximum Gasteiger partial charge on any atom is 0.258 e. The van der Waals surface area contributed by atoms with E-state index in [1.807, 2.05) is 0 Å². The fourth-order valence-electron chi connectivity index (χ4n) is 1.91. The second kappa shape index (κ2) is 5.41. The molecule has 0 saturated carbocycles. The zero-order chi connectivity index (χ0) is 14.7. The summed E-state index contributed by atoms with van der Waals surface area (Å²) in [4.78, 5) is 17.9. The third-order valence-electron chi connectivity index (χ3n) is 2.89. The SMILES string of the molecule is Cc1cc(C(=O)N(C)c2cccc(C#N)c2)cc(N)n1. The molecule has 0 bridgehead atoms. The number of nitrogens with two attached hydrogens (primary N) is 1.